The second kappa shape index (κ2) is 10.8. The molecule has 15 heavy (non-hydrogen) atoms. The van der Waals surface area contributed by atoms with Crippen molar-refractivity contribution in [2.24, 2.45) is 0 Å². The van der Waals surface area contributed by atoms with Gasteiger partial charge in [0.2, 0.25) is 5.91 Å². The summed E-state index contributed by atoms with van der Waals surface area (Å²) in [6, 6.07) is 0. The number of oxazole rings is 1. The maximum atomic E-state index is 10.7. The van der Waals surface area contributed by atoms with Crippen molar-refractivity contribution in [3.05, 3.63) is 18.4 Å². The Morgan fingerprint density at radius 2 is 1.93 bits per heavy atom. The molecule has 0 aliphatic heterocycles. The minimum atomic E-state index is 0.0213. The molecule has 1 rings (SSSR count). The molecular weight excluding hydrogens is 192 g/mol. The van der Waals surface area contributed by atoms with Gasteiger partial charge in [0.05, 0.1) is 12.2 Å². The number of amides is 1. The fourth-order valence-corrected chi connectivity index (χ4v) is 0.670. The van der Waals surface area contributed by atoms with E-state index in [0.29, 0.717) is 6.54 Å². The van der Waals surface area contributed by atoms with E-state index in [1.165, 1.54) is 19.6 Å². The average Bonchev–Trinajstić information content (AvgIpc) is 2.76. The quantitative estimate of drug-likeness (QED) is 0.760. The molecule has 0 aliphatic carbocycles. The third-order valence-corrected chi connectivity index (χ3v) is 1.42. The lowest BCUT2D eigenvalue weighted by atomic mass is 10.4. The minimum Gasteiger partial charge on any atom is -0.451 e. The van der Waals surface area contributed by atoms with E-state index in [2.05, 4.69) is 4.98 Å². The van der Waals surface area contributed by atoms with Crippen molar-refractivity contribution in [3.8, 4) is 0 Å². The van der Waals surface area contributed by atoms with Crippen LogP contribution in [0.25, 0.3) is 0 Å². The number of hydrogen-bond donors (Lipinski definition) is 0. The van der Waals surface area contributed by atoms with Crippen LogP contribution in [0.3, 0.4) is 0 Å². The topological polar surface area (TPSA) is 46.3 Å². The molecule has 0 bridgehead atoms. The van der Waals surface area contributed by atoms with Gasteiger partial charge in [0.15, 0.2) is 6.39 Å². The van der Waals surface area contributed by atoms with Gasteiger partial charge < -0.3 is 9.32 Å². The summed E-state index contributed by atoms with van der Waals surface area (Å²) in [5, 5.41) is 0. The van der Waals surface area contributed by atoms with Crippen molar-refractivity contribution in [2.45, 2.75) is 41.2 Å². The van der Waals surface area contributed by atoms with E-state index >= 15 is 0 Å². The van der Waals surface area contributed by atoms with Crippen molar-refractivity contribution in [2.75, 3.05) is 7.05 Å². The van der Waals surface area contributed by atoms with E-state index in [1.54, 1.807) is 11.9 Å². The largest absolute Gasteiger partial charge is 0.451 e. The SMILES string of the molecule is CC.CC.CC(=O)N(C)Cc1cocn1. The summed E-state index contributed by atoms with van der Waals surface area (Å²) in [6.45, 7) is 10.0. The second-order valence-corrected chi connectivity index (χ2v) is 2.35. The predicted molar refractivity (Wildman–Crippen MR) is 61.3 cm³/mol. The Bertz CT molecular complexity index is 233. The Labute approximate surface area is 92.3 Å². The Hall–Kier alpha value is -1.32. The highest BCUT2D eigenvalue weighted by Crippen LogP contribution is 1.98. The summed E-state index contributed by atoms with van der Waals surface area (Å²) in [7, 11) is 1.72. The minimum absolute atomic E-state index is 0.0213. The average molecular weight is 214 g/mol. The molecule has 4 heteroatoms. The summed E-state index contributed by atoms with van der Waals surface area (Å²) >= 11 is 0. The van der Waals surface area contributed by atoms with Gasteiger partial charge in [0, 0.05) is 14.0 Å². The van der Waals surface area contributed by atoms with Crippen LogP contribution in [-0.4, -0.2) is 22.8 Å². The van der Waals surface area contributed by atoms with Crippen LogP contribution in [-0.2, 0) is 11.3 Å². The molecule has 4 nitrogen and oxygen atoms in total. The Morgan fingerprint density at radius 1 is 1.40 bits per heavy atom. The van der Waals surface area contributed by atoms with E-state index in [-0.39, 0.29) is 5.91 Å². The number of hydrogen-bond acceptors (Lipinski definition) is 3. The van der Waals surface area contributed by atoms with Crippen molar-refractivity contribution >= 4 is 5.91 Å². The molecule has 0 aromatic carbocycles. The molecule has 0 radical (unpaired) electrons. The fourth-order valence-electron chi connectivity index (χ4n) is 0.670. The van der Waals surface area contributed by atoms with Crippen LogP contribution in [0.15, 0.2) is 17.1 Å². The Morgan fingerprint density at radius 3 is 2.27 bits per heavy atom. The number of aromatic nitrogens is 1. The van der Waals surface area contributed by atoms with Gasteiger partial charge in [0.25, 0.3) is 0 Å². The molecule has 1 amide bonds. The van der Waals surface area contributed by atoms with Gasteiger partial charge in [0.1, 0.15) is 6.26 Å². The first-order valence-corrected chi connectivity index (χ1v) is 5.29. The first kappa shape index (κ1) is 16.1. The van der Waals surface area contributed by atoms with Crippen LogP contribution in [0.1, 0.15) is 40.3 Å². The molecule has 0 fully saturated rings. The first-order chi connectivity index (χ1) is 7.20. The third kappa shape index (κ3) is 7.73. The van der Waals surface area contributed by atoms with Crippen LogP contribution >= 0.6 is 0 Å². The van der Waals surface area contributed by atoms with Crippen LogP contribution in [0, 0.1) is 0 Å². The molecule has 1 heterocycles. The molecule has 88 valence electrons. The molecule has 0 saturated carbocycles. The number of nitrogens with zero attached hydrogens (tertiary/aromatic N) is 2. The summed E-state index contributed by atoms with van der Waals surface area (Å²) < 4.78 is 4.75. The summed E-state index contributed by atoms with van der Waals surface area (Å²) in [4.78, 5) is 16.2. The van der Waals surface area contributed by atoms with Crippen molar-refractivity contribution in [1.29, 1.82) is 0 Å². The van der Waals surface area contributed by atoms with Gasteiger partial charge in [-0.3, -0.25) is 4.79 Å². The van der Waals surface area contributed by atoms with Gasteiger partial charge in [-0.05, 0) is 0 Å². The lowest BCUT2D eigenvalue weighted by molar-refractivity contribution is -0.128. The van der Waals surface area contributed by atoms with Crippen molar-refractivity contribution < 1.29 is 9.21 Å². The zero-order chi connectivity index (χ0) is 12.3. The summed E-state index contributed by atoms with van der Waals surface area (Å²) in [5.74, 6) is 0.0213. The molecule has 0 spiro atoms. The van der Waals surface area contributed by atoms with Gasteiger partial charge in [-0.15, -0.1) is 0 Å². The summed E-state index contributed by atoms with van der Waals surface area (Å²) in [6.07, 6.45) is 2.88. The highest BCUT2D eigenvalue weighted by Gasteiger charge is 2.04. The van der Waals surface area contributed by atoms with Gasteiger partial charge in [-0.1, -0.05) is 27.7 Å². The molecular formula is C11H22N2O2. The lowest BCUT2D eigenvalue weighted by Gasteiger charge is -2.11. The standard InChI is InChI=1S/C7H10N2O2.2C2H6/c1-6(10)9(2)3-7-4-11-5-8-7;2*1-2/h4-5H,3H2,1-2H3;2*1-2H3. The van der Waals surface area contributed by atoms with Gasteiger partial charge in [-0.2, -0.15) is 0 Å². The summed E-state index contributed by atoms with van der Waals surface area (Å²) in [5.41, 5.74) is 0.766. The molecule has 1 aromatic rings. The molecule has 0 aliphatic rings. The van der Waals surface area contributed by atoms with Crippen molar-refractivity contribution in [1.82, 2.24) is 9.88 Å². The normalized spacial score (nSPS) is 7.87. The Balaban J connectivity index is 0. The molecule has 0 saturated heterocycles. The highest BCUT2D eigenvalue weighted by molar-refractivity contribution is 5.72. The molecule has 0 N–H and O–H groups in total. The second-order valence-electron chi connectivity index (χ2n) is 2.35. The smallest absolute Gasteiger partial charge is 0.219 e. The fraction of sp³-hybridized carbons (Fsp3) is 0.636. The van der Waals surface area contributed by atoms with Gasteiger partial charge in [-0.25, -0.2) is 4.98 Å². The van der Waals surface area contributed by atoms with E-state index in [1.807, 2.05) is 27.7 Å². The molecule has 0 atom stereocenters. The zero-order valence-corrected chi connectivity index (χ0v) is 10.6. The maximum absolute atomic E-state index is 10.7. The van der Waals surface area contributed by atoms with E-state index in [9.17, 15) is 4.79 Å². The van der Waals surface area contributed by atoms with E-state index in [4.69, 9.17) is 4.42 Å². The van der Waals surface area contributed by atoms with Crippen LogP contribution in [0.2, 0.25) is 0 Å². The predicted octanol–water partition coefficient (Wildman–Crippen LogP) is 2.71. The van der Waals surface area contributed by atoms with Crippen LogP contribution < -0.4 is 0 Å². The third-order valence-electron chi connectivity index (χ3n) is 1.42. The number of carbonyl (C=O) groups is 1. The number of carbonyl (C=O) groups excluding carboxylic acids is 1. The van der Waals surface area contributed by atoms with Crippen molar-refractivity contribution in [3.63, 3.8) is 0 Å². The Kier molecular flexibility index (Phi) is 11.6. The van der Waals surface area contributed by atoms with E-state index in [0.717, 1.165) is 5.69 Å². The zero-order valence-electron chi connectivity index (χ0n) is 10.6. The van der Waals surface area contributed by atoms with Crippen LogP contribution in [0.5, 0.6) is 0 Å². The van der Waals surface area contributed by atoms with Crippen LogP contribution in [0.4, 0.5) is 0 Å². The number of rotatable bonds is 2. The molecule has 0 unspecified atom stereocenters. The van der Waals surface area contributed by atoms with Gasteiger partial charge >= 0.3 is 0 Å². The molecule has 1 aromatic heterocycles. The lowest BCUT2D eigenvalue weighted by Crippen LogP contribution is -2.23. The first-order valence-electron chi connectivity index (χ1n) is 5.29. The monoisotopic (exact) mass is 214 g/mol. The van der Waals surface area contributed by atoms with E-state index < -0.39 is 0 Å². The highest BCUT2D eigenvalue weighted by atomic mass is 16.3. The maximum Gasteiger partial charge on any atom is 0.219 e.